The van der Waals surface area contributed by atoms with Crippen LogP contribution >= 0.6 is 15.9 Å². The Kier molecular flexibility index (Phi) is 8.13. The quantitative estimate of drug-likeness (QED) is 0.174. The molecule has 8 rings (SSSR count). The number of carbonyl (C=O) groups is 2. The van der Waals surface area contributed by atoms with Crippen LogP contribution in [0.15, 0.2) is 76.0 Å². The van der Waals surface area contributed by atoms with Crippen LogP contribution < -0.4 is 10.6 Å². The number of hydrogen-bond acceptors (Lipinski definition) is 9. The van der Waals surface area contributed by atoms with E-state index in [0.717, 1.165) is 22.6 Å². The predicted octanol–water partition coefficient (Wildman–Crippen LogP) is 5.70. The zero-order valence-corrected chi connectivity index (χ0v) is 28.2. The molecule has 0 radical (unpaired) electrons. The number of piperidine rings is 1. The Morgan fingerprint density at radius 3 is 2.32 bits per heavy atom. The molecule has 0 atom stereocenters. The third kappa shape index (κ3) is 5.60. The Bertz CT molecular complexity index is 2280. The summed E-state index contributed by atoms with van der Waals surface area (Å²) in [5.41, 5.74) is 9.08. The highest BCUT2D eigenvalue weighted by atomic mass is 79.9. The first-order valence-corrected chi connectivity index (χ1v) is 17.0. The molecule has 2 N–H and O–H groups in total. The predicted molar refractivity (Wildman–Crippen MR) is 186 cm³/mol. The lowest BCUT2D eigenvalue weighted by Crippen LogP contribution is -2.49. The summed E-state index contributed by atoms with van der Waals surface area (Å²) < 4.78 is 35.9. The van der Waals surface area contributed by atoms with Crippen molar-refractivity contribution < 1.29 is 22.8 Å². The van der Waals surface area contributed by atoms with Gasteiger partial charge in [-0.2, -0.15) is 0 Å². The van der Waals surface area contributed by atoms with Crippen molar-refractivity contribution in [2.75, 3.05) is 49.9 Å². The first kappa shape index (κ1) is 31.8. The number of para-hydroxylation sites is 1. The van der Waals surface area contributed by atoms with E-state index in [0.29, 0.717) is 74.6 Å². The van der Waals surface area contributed by atoms with E-state index in [9.17, 15) is 18.4 Å². The van der Waals surface area contributed by atoms with Crippen molar-refractivity contribution in [2.45, 2.75) is 18.9 Å². The number of nitrogen functional groups attached to an aromatic ring is 1. The number of rotatable bonds is 5. The highest BCUT2D eigenvalue weighted by molar-refractivity contribution is 9.10. The number of aromatic nitrogens is 5. The van der Waals surface area contributed by atoms with E-state index in [1.54, 1.807) is 51.3 Å². The van der Waals surface area contributed by atoms with Gasteiger partial charge in [0.15, 0.2) is 17.2 Å². The standard InChI is InChI=1S/C35H30BrF2N9O3/c36-28-25(37)17-24(30(39)29(28)38)26-18-47(43-42-26)22-8-10-45(11-9-22)34(48)20-4-3-5-21(16-20)35(49)46-14-12-44(13-15-46)33-32-31(40-19-41-33)23-6-1-2-7-27(23)50-32/h1-7,16-19,22H,8-15,39H2. The van der Waals surface area contributed by atoms with Crippen LogP contribution in [-0.2, 0) is 0 Å². The van der Waals surface area contributed by atoms with Gasteiger partial charge in [0, 0.05) is 61.3 Å². The second kappa shape index (κ2) is 12.8. The fourth-order valence-electron chi connectivity index (χ4n) is 6.74. The number of amides is 2. The van der Waals surface area contributed by atoms with Crippen molar-refractivity contribution in [2.24, 2.45) is 0 Å². The van der Waals surface area contributed by atoms with Gasteiger partial charge < -0.3 is 24.9 Å². The van der Waals surface area contributed by atoms with Crippen molar-refractivity contribution >= 4 is 61.3 Å². The van der Waals surface area contributed by atoms with E-state index in [1.165, 1.54) is 0 Å². The van der Waals surface area contributed by atoms with Gasteiger partial charge in [0.05, 0.1) is 22.4 Å². The lowest BCUT2D eigenvalue weighted by molar-refractivity contribution is 0.0689. The average Bonchev–Trinajstić information content (AvgIpc) is 3.81. The summed E-state index contributed by atoms with van der Waals surface area (Å²) in [6, 6.07) is 15.7. The van der Waals surface area contributed by atoms with Crippen LogP contribution in [0.25, 0.3) is 33.3 Å². The van der Waals surface area contributed by atoms with E-state index in [-0.39, 0.29) is 39.3 Å². The summed E-state index contributed by atoms with van der Waals surface area (Å²) in [5.74, 6) is -1.26. The smallest absolute Gasteiger partial charge is 0.253 e. The minimum atomic E-state index is -0.890. The molecular formula is C35H30BrF2N9O3. The van der Waals surface area contributed by atoms with Crippen molar-refractivity contribution in [1.82, 2.24) is 34.8 Å². The number of nitrogens with zero attached hydrogens (tertiary/aromatic N) is 8. The molecule has 2 aliphatic rings. The summed E-state index contributed by atoms with van der Waals surface area (Å²) in [5, 5.41) is 9.21. The van der Waals surface area contributed by atoms with Crippen molar-refractivity contribution in [3.8, 4) is 11.3 Å². The molecule has 2 fully saturated rings. The molecule has 3 aromatic carbocycles. The number of nitrogens with two attached hydrogens (primary N) is 1. The summed E-state index contributed by atoms with van der Waals surface area (Å²) in [6.07, 6.45) is 4.36. The van der Waals surface area contributed by atoms with Gasteiger partial charge in [-0.1, -0.05) is 23.4 Å². The number of likely N-dealkylation sites (tertiary alicyclic amines) is 1. The molecule has 0 bridgehead atoms. The van der Waals surface area contributed by atoms with Gasteiger partial charge in [0.2, 0.25) is 0 Å². The number of piperazine rings is 1. The number of benzene rings is 3. The van der Waals surface area contributed by atoms with Gasteiger partial charge in [0.1, 0.15) is 28.9 Å². The summed E-state index contributed by atoms with van der Waals surface area (Å²) >= 11 is 2.86. The summed E-state index contributed by atoms with van der Waals surface area (Å²) in [6.45, 7) is 3.03. The number of carbonyl (C=O) groups excluding carboxylic acids is 2. The van der Waals surface area contributed by atoms with E-state index in [1.807, 2.05) is 24.3 Å². The van der Waals surface area contributed by atoms with Crippen LogP contribution in [0.4, 0.5) is 20.3 Å². The van der Waals surface area contributed by atoms with E-state index in [2.05, 4.69) is 41.1 Å². The van der Waals surface area contributed by atoms with Gasteiger partial charge in [-0.25, -0.2) is 23.4 Å². The lowest BCUT2D eigenvalue weighted by atomic mass is 10.0. The topological polar surface area (TPSA) is 140 Å². The Balaban J connectivity index is 0.894. The van der Waals surface area contributed by atoms with Crippen LogP contribution in [0.2, 0.25) is 0 Å². The zero-order chi connectivity index (χ0) is 34.5. The molecule has 3 aromatic heterocycles. The van der Waals surface area contributed by atoms with Crippen LogP contribution in [-0.4, -0.2) is 85.8 Å². The molecule has 50 heavy (non-hydrogen) atoms. The molecule has 0 saturated carbocycles. The lowest BCUT2D eigenvalue weighted by Gasteiger charge is -2.35. The Labute approximate surface area is 292 Å². The maximum Gasteiger partial charge on any atom is 0.253 e. The molecule has 2 saturated heterocycles. The van der Waals surface area contributed by atoms with E-state index < -0.39 is 11.6 Å². The fraction of sp³-hybridized carbons (Fsp3) is 0.257. The average molecular weight is 743 g/mol. The summed E-state index contributed by atoms with van der Waals surface area (Å²) in [4.78, 5) is 41.7. The Morgan fingerprint density at radius 2 is 1.58 bits per heavy atom. The third-order valence-electron chi connectivity index (χ3n) is 9.47. The van der Waals surface area contributed by atoms with E-state index >= 15 is 0 Å². The number of furan rings is 1. The van der Waals surface area contributed by atoms with Crippen LogP contribution in [0.5, 0.6) is 0 Å². The molecule has 0 unspecified atom stereocenters. The van der Waals surface area contributed by atoms with Crippen molar-refractivity contribution in [3.63, 3.8) is 0 Å². The summed E-state index contributed by atoms with van der Waals surface area (Å²) in [7, 11) is 0. The zero-order valence-electron chi connectivity index (χ0n) is 26.6. The number of halogens is 3. The normalized spacial score (nSPS) is 15.7. The molecule has 12 nitrogen and oxygen atoms in total. The van der Waals surface area contributed by atoms with Crippen molar-refractivity contribution in [1.29, 1.82) is 0 Å². The Hall–Kier alpha value is -5.44. The molecular weight excluding hydrogens is 712 g/mol. The number of fused-ring (bicyclic) bond motifs is 3. The highest BCUT2D eigenvalue weighted by Gasteiger charge is 2.29. The molecule has 254 valence electrons. The van der Waals surface area contributed by atoms with Gasteiger partial charge in [-0.3, -0.25) is 9.59 Å². The monoisotopic (exact) mass is 741 g/mol. The Morgan fingerprint density at radius 1 is 0.880 bits per heavy atom. The van der Waals surface area contributed by atoms with Crippen LogP contribution in [0, 0.1) is 11.6 Å². The molecule has 15 heteroatoms. The second-order valence-electron chi connectivity index (χ2n) is 12.4. The maximum atomic E-state index is 14.3. The number of hydrogen-bond donors (Lipinski definition) is 1. The van der Waals surface area contributed by atoms with Crippen molar-refractivity contribution in [3.05, 3.63) is 94.4 Å². The molecule has 5 heterocycles. The molecule has 2 aliphatic heterocycles. The van der Waals surface area contributed by atoms with Gasteiger partial charge in [0.25, 0.3) is 11.8 Å². The molecule has 0 aliphatic carbocycles. The van der Waals surface area contributed by atoms with E-state index in [4.69, 9.17) is 10.2 Å². The minimum Gasteiger partial charge on any atom is -0.450 e. The first-order valence-electron chi connectivity index (χ1n) is 16.2. The number of anilines is 2. The third-order valence-corrected chi connectivity index (χ3v) is 10.2. The van der Waals surface area contributed by atoms with Gasteiger partial charge in [-0.05, 0) is 65.2 Å². The van der Waals surface area contributed by atoms with Gasteiger partial charge in [-0.15, -0.1) is 5.10 Å². The molecule has 0 spiro atoms. The maximum absolute atomic E-state index is 14.3. The van der Waals surface area contributed by atoms with Crippen LogP contribution in [0.1, 0.15) is 39.6 Å². The first-order chi connectivity index (χ1) is 24.3. The molecule has 6 aromatic rings. The SMILES string of the molecule is Nc1c(-c2cn(C3CCN(C(=O)c4cccc(C(=O)N5CCN(c6ncnc7c6oc6ccccc67)CC5)c4)CC3)nn2)cc(F)c(Br)c1F. The fourth-order valence-corrected chi connectivity index (χ4v) is 7.07. The molecule has 2 amide bonds. The largest absolute Gasteiger partial charge is 0.450 e. The van der Waals surface area contributed by atoms with Gasteiger partial charge >= 0.3 is 0 Å². The minimum absolute atomic E-state index is 0.0662. The highest BCUT2D eigenvalue weighted by Crippen LogP contribution is 2.35. The second-order valence-corrected chi connectivity index (χ2v) is 13.2. The van der Waals surface area contributed by atoms with Crippen LogP contribution in [0.3, 0.4) is 0 Å².